The molecule has 0 spiro atoms. The van der Waals surface area contributed by atoms with E-state index in [1.165, 1.54) is 6.07 Å². The average molecular weight is 325 g/mol. The van der Waals surface area contributed by atoms with Gasteiger partial charge in [0.2, 0.25) is 0 Å². The number of nitrogens with one attached hydrogen (secondary N) is 1. The molecule has 0 unspecified atom stereocenters. The third kappa shape index (κ3) is 2.59. The van der Waals surface area contributed by atoms with Crippen LogP contribution in [-0.2, 0) is 6.42 Å². The highest BCUT2D eigenvalue weighted by Gasteiger charge is 2.16. The van der Waals surface area contributed by atoms with Gasteiger partial charge in [-0.15, -0.1) is 0 Å². The van der Waals surface area contributed by atoms with Crippen molar-refractivity contribution in [1.82, 2.24) is 4.98 Å². The fraction of sp³-hybridized carbons (Fsp3) is 0.400. The zero-order chi connectivity index (χ0) is 14.0. The Morgan fingerprint density at radius 1 is 1.32 bits per heavy atom. The molecule has 0 fully saturated rings. The molecule has 19 heavy (non-hydrogen) atoms. The Balaban J connectivity index is 2.80. The predicted molar refractivity (Wildman–Crippen MR) is 82.3 cm³/mol. The van der Waals surface area contributed by atoms with Gasteiger partial charge in [0.15, 0.2) is 0 Å². The highest BCUT2D eigenvalue weighted by Crippen LogP contribution is 2.35. The third-order valence-electron chi connectivity index (χ3n) is 3.25. The van der Waals surface area contributed by atoms with Gasteiger partial charge in [0.1, 0.15) is 11.3 Å². The number of anilines is 1. The van der Waals surface area contributed by atoms with Crippen LogP contribution in [0.15, 0.2) is 16.6 Å². The maximum atomic E-state index is 14.0. The molecule has 2 rings (SSSR count). The summed E-state index contributed by atoms with van der Waals surface area (Å²) in [6.07, 6.45) is 1.91. The summed E-state index contributed by atoms with van der Waals surface area (Å²) >= 11 is 3.52. The van der Waals surface area contributed by atoms with Crippen LogP contribution in [0.5, 0.6) is 0 Å². The van der Waals surface area contributed by atoms with Gasteiger partial charge in [-0.3, -0.25) is 0 Å². The Bertz CT molecular complexity index is 611. The molecule has 2 aromatic rings. The lowest BCUT2D eigenvalue weighted by molar-refractivity contribution is 0.636. The Morgan fingerprint density at radius 3 is 2.68 bits per heavy atom. The van der Waals surface area contributed by atoms with Crippen LogP contribution in [-0.4, -0.2) is 11.5 Å². The zero-order valence-electron chi connectivity index (χ0n) is 11.5. The Morgan fingerprint density at radius 2 is 2.05 bits per heavy atom. The first-order valence-electron chi connectivity index (χ1n) is 6.61. The van der Waals surface area contributed by atoms with Gasteiger partial charge in [-0.2, -0.15) is 0 Å². The Labute approximate surface area is 121 Å². The molecule has 1 aromatic heterocycles. The second-order valence-corrected chi connectivity index (χ2v) is 5.44. The molecule has 4 heteroatoms. The molecule has 0 radical (unpaired) electrons. The van der Waals surface area contributed by atoms with Crippen LogP contribution < -0.4 is 5.32 Å². The summed E-state index contributed by atoms with van der Waals surface area (Å²) in [5.74, 6) is -0.275. The van der Waals surface area contributed by atoms with Crippen LogP contribution in [0.2, 0.25) is 0 Å². The number of rotatable bonds is 4. The van der Waals surface area contributed by atoms with Crippen molar-refractivity contribution in [3.63, 3.8) is 0 Å². The van der Waals surface area contributed by atoms with Crippen molar-refractivity contribution in [1.29, 1.82) is 0 Å². The van der Waals surface area contributed by atoms with Crippen molar-refractivity contribution in [3.8, 4) is 0 Å². The van der Waals surface area contributed by atoms with E-state index in [1.807, 2.05) is 6.92 Å². The smallest absolute Gasteiger partial charge is 0.149 e. The topological polar surface area (TPSA) is 24.9 Å². The van der Waals surface area contributed by atoms with E-state index in [1.54, 1.807) is 6.07 Å². The summed E-state index contributed by atoms with van der Waals surface area (Å²) in [4.78, 5) is 4.43. The number of halogens is 2. The van der Waals surface area contributed by atoms with Crippen molar-refractivity contribution in [2.24, 2.45) is 0 Å². The van der Waals surface area contributed by atoms with Gasteiger partial charge < -0.3 is 5.32 Å². The number of hydrogen-bond donors (Lipinski definition) is 1. The van der Waals surface area contributed by atoms with E-state index in [0.717, 1.165) is 46.2 Å². The molecule has 0 saturated carbocycles. The molecule has 1 heterocycles. The fourth-order valence-corrected chi connectivity index (χ4v) is 2.85. The van der Waals surface area contributed by atoms with E-state index in [9.17, 15) is 4.39 Å². The maximum Gasteiger partial charge on any atom is 0.149 e. The average Bonchev–Trinajstić information content (AvgIpc) is 2.40. The van der Waals surface area contributed by atoms with Gasteiger partial charge in [0, 0.05) is 27.8 Å². The van der Waals surface area contributed by atoms with Gasteiger partial charge >= 0.3 is 0 Å². The molecule has 0 aliphatic rings. The molecule has 0 atom stereocenters. The highest BCUT2D eigenvalue weighted by molar-refractivity contribution is 9.10. The first kappa shape index (κ1) is 14.3. The van der Waals surface area contributed by atoms with Crippen LogP contribution in [0.25, 0.3) is 10.9 Å². The number of nitrogens with zero attached hydrogens (tertiary/aromatic N) is 1. The minimum absolute atomic E-state index is 0.275. The molecule has 1 aromatic carbocycles. The van der Waals surface area contributed by atoms with E-state index in [2.05, 4.69) is 40.1 Å². The molecule has 0 aliphatic carbocycles. The molecule has 2 nitrogen and oxygen atoms in total. The van der Waals surface area contributed by atoms with Crippen LogP contribution in [0, 0.1) is 12.7 Å². The molecule has 1 N–H and O–H groups in total. The van der Waals surface area contributed by atoms with Gasteiger partial charge in [-0.1, -0.05) is 29.8 Å². The van der Waals surface area contributed by atoms with E-state index >= 15 is 0 Å². The molecule has 0 aliphatic heterocycles. The van der Waals surface area contributed by atoms with Crippen molar-refractivity contribution in [2.75, 3.05) is 11.9 Å². The summed E-state index contributed by atoms with van der Waals surface area (Å²) in [6.45, 7) is 7.02. The monoisotopic (exact) mass is 324 g/mol. The lowest BCUT2D eigenvalue weighted by atomic mass is 10.0. The number of pyridine rings is 1. The number of aryl methyl sites for hydroxylation is 1. The lowest BCUT2D eigenvalue weighted by Gasteiger charge is -2.17. The fourth-order valence-electron chi connectivity index (χ4n) is 2.33. The van der Waals surface area contributed by atoms with E-state index in [-0.39, 0.29) is 5.82 Å². The third-order valence-corrected chi connectivity index (χ3v) is 3.91. The second-order valence-electron chi connectivity index (χ2n) is 4.58. The summed E-state index contributed by atoms with van der Waals surface area (Å²) < 4.78 is 14.9. The Hall–Kier alpha value is -1.16. The van der Waals surface area contributed by atoms with Crippen LogP contribution in [0.4, 0.5) is 10.1 Å². The number of benzene rings is 1. The minimum atomic E-state index is -0.275. The van der Waals surface area contributed by atoms with E-state index in [0.29, 0.717) is 5.52 Å². The predicted octanol–water partition coefficient (Wildman–Crippen LogP) is 4.83. The van der Waals surface area contributed by atoms with Crippen molar-refractivity contribution in [2.45, 2.75) is 33.6 Å². The summed E-state index contributed by atoms with van der Waals surface area (Å²) in [7, 11) is 0. The van der Waals surface area contributed by atoms with Crippen LogP contribution in [0.1, 0.15) is 31.5 Å². The molecule has 0 saturated heterocycles. The summed E-state index contributed by atoms with van der Waals surface area (Å²) in [5.41, 5.74) is 3.50. The molecule has 0 amide bonds. The number of hydrogen-bond acceptors (Lipinski definition) is 2. The van der Waals surface area contributed by atoms with Gasteiger partial charge in [-0.25, -0.2) is 9.37 Å². The maximum absolute atomic E-state index is 14.0. The standard InChI is InChI=1S/C15H18BrFN2/c1-4-8-18-14-10(5-2)9(3)19-15-12(17)7-6-11(16)13(14)15/h6-7H,4-5,8H2,1-3H3,(H,18,19). The second kappa shape index (κ2) is 5.87. The summed E-state index contributed by atoms with van der Waals surface area (Å²) in [6, 6.07) is 3.19. The lowest BCUT2D eigenvalue weighted by Crippen LogP contribution is -2.07. The molecule has 0 bridgehead atoms. The van der Waals surface area contributed by atoms with Crippen LogP contribution >= 0.6 is 15.9 Å². The molecule has 102 valence electrons. The first-order chi connectivity index (χ1) is 9.10. The molecular weight excluding hydrogens is 307 g/mol. The first-order valence-corrected chi connectivity index (χ1v) is 7.40. The number of aromatic nitrogens is 1. The Kier molecular flexibility index (Phi) is 4.40. The quantitative estimate of drug-likeness (QED) is 0.871. The normalized spacial score (nSPS) is 11.0. The van der Waals surface area contributed by atoms with Crippen molar-refractivity contribution < 1.29 is 4.39 Å². The van der Waals surface area contributed by atoms with Gasteiger partial charge in [0.05, 0.1) is 0 Å². The van der Waals surface area contributed by atoms with Crippen molar-refractivity contribution >= 4 is 32.5 Å². The van der Waals surface area contributed by atoms with E-state index in [4.69, 9.17) is 0 Å². The van der Waals surface area contributed by atoms with Gasteiger partial charge in [-0.05, 0) is 37.5 Å². The zero-order valence-corrected chi connectivity index (χ0v) is 13.1. The molecular formula is C15H18BrFN2. The van der Waals surface area contributed by atoms with Gasteiger partial charge in [0.25, 0.3) is 0 Å². The minimum Gasteiger partial charge on any atom is -0.384 e. The number of fused-ring (bicyclic) bond motifs is 1. The van der Waals surface area contributed by atoms with Crippen LogP contribution in [0.3, 0.4) is 0 Å². The summed E-state index contributed by atoms with van der Waals surface area (Å²) in [5, 5.41) is 4.27. The highest BCUT2D eigenvalue weighted by atomic mass is 79.9. The van der Waals surface area contributed by atoms with E-state index < -0.39 is 0 Å². The van der Waals surface area contributed by atoms with Crippen molar-refractivity contribution in [3.05, 3.63) is 33.7 Å². The largest absolute Gasteiger partial charge is 0.384 e. The SMILES string of the molecule is CCCNc1c(CC)c(C)nc2c(F)ccc(Br)c12.